The lowest BCUT2D eigenvalue weighted by atomic mass is 10.9. The van der Waals surface area contributed by atoms with Crippen LogP contribution in [0.5, 0.6) is 0 Å². The smallest absolute Gasteiger partial charge is 0.308 e. The Hall–Kier alpha value is 0.320. The van der Waals surface area contributed by atoms with Gasteiger partial charge in [-0.3, -0.25) is 9.13 Å². The predicted octanol–water partition coefficient (Wildman–Crippen LogP) is 3.10. The Kier molecular flexibility index (Phi) is 14.4. The van der Waals surface area contributed by atoms with E-state index in [2.05, 4.69) is 0 Å². The zero-order chi connectivity index (χ0) is 16.9. The molecule has 0 fully saturated rings. The van der Waals surface area contributed by atoms with Crippen LogP contribution in [-0.4, -0.2) is 42.1 Å². The highest BCUT2D eigenvalue weighted by atomic mass is 31.2. The third-order valence-corrected chi connectivity index (χ3v) is 7.03. The maximum Gasteiger partial charge on any atom is 0.692 e. The van der Waals surface area contributed by atoms with Crippen molar-refractivity contribution >= 4 is 23.4 Å². The van der Waals surface area contributed by atoms with Gasteiger partial charge in [0.2, 0.25) is 0 Å². The van der Waals surface area contributed by atoms with E-state index in [1.165, 1.54) is 0 Å². The topological polar surface area (TPSA) is 129 Å². The van der Waals surface area contributed by atoms with Gasteiger partial charge in [0.15, 0.2) is 5.90 Å². The molecule has 0 saturated carbocycles. The SMILES string of the molecule is CCOP(=O)(CP(=O)(OCC)OCC)OCC.O=[P+](O)O. The van der Waals surface area contributed by atoms with E-state index in [4.69, 9.17) is 32.4 Å². The molecule has 0 aliphatic heterocycles. The van der Waals surface area contributed by atoms with E-state index >= 15 is 0 Å². The first-order valence-corrected chi connectivity index (χ1v) is 10.9. The van der Waals surface area contributed by atoms with Crippen molar-refractivity contribution < 1.29 is 41.6 Å². The largest absolute Gasteiger partial charge is 0.692 e. The van der Waals surface area contributed by atoms with Crippen LogP contribution in [0.2, 0.25) is 0 Å². The van der Waals surface area contributed by atoms with E-state index in [0.717, 1.165) is 0 Å². The molecule has 9 nitrogen and oxygen atoms in total. The van der Waals surface area contributed by atoms with Gasteiger partial charge in [-0.2, -0.15) is 0 Å². The summed E-state index contributed by atoms with van der Waals surface area (Å²) < 4.78 is 53.3. The fourth-order valence-corrected chi connectivity index (χ4v) is 5.96. The minimum Gasteiger partial charge on any atom is -0.308 e. The molecule has 0 heterocycles. The minimum atomic E-state index is -3.41. The zero-order valence-corrected chi connectivity index (χ0v) is 15.3. The molecule has 128 valence electrons. The van der Waals surface area contributed by atoms with Gasteiger partial charge in [-0.1, -0.05) is 0 Å². The van der Waals surface area contributed by atoms with Crippen LogP contribution < -0.4 is 0 Å². The number of rotatable bonds is 10. The molecule has 0 aromatic heterocycles. The van der Waals surface area contributed by atoms with Gasteiger partial charge in [-0.25, -0.2) is 0 Å². The van der Waals surface area contributed by atoms with Gasteiger partial charge in [0, 0.05) is 4.57 Å². The summed E-state index contributed by atoms with van der Waals surface area (Å²) in [4.78, 5) is 14.2. The highest BCUT2D eigenvalue weighted by molar-refractivity contribution is 7.71. The van der Waals surface area contributed by atoms with Crippen LogP contribution in [0.25, 0.3) is 0 Å². The van der Waals surface area contributed by atoms with Crippen molar-refractivity contribution in [2.45, 2.75) is 27.7 Å². The highest BCUT2D eigenvalue weighted by Crippen LogP contribution is 2.63. The van der Waals surface area contributed by atoms with Crippen molar-refractivity contribution in [3.63, 3.8) is 0 Å². The van der Waals surface area contributed by atoms with Gasteiger partial charge in [-0.05, 0) is 27.7 Å². The Bertz CT molecular complexity index is 321. The van der Waals surface area contributed by atoms with E-state index < -0.39 is 23.4 Å². The summed E-state index contributed by atoms with van der Waals surface area (Å²) in [6.45, 7) is 7.64. The molecule has 0 aliphatic rings. The third-order valence-electron chi connectivity index (χ3n) is 1.65. The Morgan fingerprint density at radius 2 is 0.952 bits per heavy atom. The van der Waals surface area contributed by atoms with Crippen molar-refractivity contribution in [2.24, 2.45) is 0 Å². The number of hydrogen-bond acceptors (Lipinski definition) is 7. The fourth-order valence-electron chi connectivity index (χ4n) is 1.24. The Morgan fingerprint density at radius 1 is 0.762 bits per heavy atom. The first-order valence-electron chi connectivity index (χ1n) is 6.29. The molecule has 0 amide bonds. The van der Waals surface area contributed by atoms with E-state index in [-0.39, 0.29) is 32.3 Å². The van der Waals surface area contributed by atoms with Crippen LogP contribution in [0.1, 0.15) is 27.7 Å². The Balaban J connectivity index is 0. The van der Waals surface area contributed by atoms with Gasteiger partial charge < -0.3 is 18.1 Å². The van der Waals surface area contributed by atoms with Crippen molar-refractivity contribution in [3.8, 4) is 0 Å². The molecule has 0 saturated heterocycles. The lowest BCUT2D eigenvalue weighted by Crippen LogP contribution is -2.05. The summed E-state index contributed by atoms with van der Waals surface area (Å²) in [6, 6.07) is 0. The summed E-state index contributed by atoms with van der Waals surface area (Å²) in [5.41, 5.74) is 0. The molecule has 0 radical (unpaired) electrons. The van der Waals surface area contributed by atoms with Gasteiger partial charge in [0.05, 0.1) is 26.4 Å². The molecule has 0 aromatic carbocycles. The Labute approximate surface area is 126 Å². The quantitative estimate of drug-likeness (QED) is 0.558. The van der Waals surface area contributed by atoms with E-state index in [9.17, 15) is 9.13 Å². The van der Waals surface area contributed by atoms with Crippen molar-refractivity contribution in [2.75, 3.05) is 32.3 Å². The molecule has 0 aliphatic carbocycles. The van der Waals surface area contributed by atoms with E-state index in [1.54, 1.807) is 27.7 Å². The maximum absolute atomic E-state index is 12.2. The molecule has 0 bridgehead atoms. The average Bonchev–Trinajstić information content (AvgIpc) is 2.28. The van der Waals surface area contributed by atoms with Crippen LogP contribution in [0.15, 0.2) is 0 Å². The second-order valence-electron chi connectivity index (χ2n) is 3.29. The monoisotopic (exact) mass is 369 g/mol. The molecule has 0 rings (SSSR count). The average molecular weight is 369 g/mol. The fraction of sp³-hybridized carbons (Fsp3) is 1.00. The lowest BCUT2D eigenvalue weighted by Gasteiger charge is -2.22. The second kappa shape index (κ2) is 12.8. The van der Waals surface area contributed by atoms with Gasteiger partial charge in [0.1, 0.15) is 0 Å². The van der Waals surface area contributed by atoms with Gasteiger partial charge in [-0.15, -0.1) is 9.79 Å². The molecule has 0 unspecified atom stereocenters. The van der Waals surface area contributed by atoms with Gasteiger partial charge in [0.25, 0.3) is 0 Å². The van der Waals surface area contributed by atoms with Crippen LogP contribution >= 0.6 is 23.4 Å². The Morgan fingerprint density at radius 3 is 1.10 bits per heavy atom. The molecular weight excluding hydrogens is 345 g/mol. The lowest BCUT2D eigenvalue weighted by molar-refractivity contribution is 0.206. The summed E-state index contributed by atoms with van der Waals surface area (Å²) in [7, 11) is -9.70. The maximum atomic E-state index is 12.2. The molecule has 0 aromatic rings. The van der Waals surface area contributed by atoms with Crippen LogP contribution in [0.3, 0.4) is 0 Å². The molecule has 21 heavy (non-hydrogen) atoms. The minimum absolute atomic E-state index is 0.218. The van der Waals surface area contributed by atoms with Gasteiger partial charge >= 0.3 is 23.4 Å². The number of hydrogen-bond donors (Lipinski definition) is 2. The summed E-state index contributed by atoms with van der Waals surface area (Å²) in [5, 5.41) is 0. The summed E-state index contributed by atoms with van der Waals surface area (Å²) in [6.07, 6.45) is 0. The van der Waals surface area contributed by atoms with Crippen molar-refractivity contribution in [1.29, 1.82) is 0 Å². The van der Waals surface area contributed by atoms with E-state index in [1.807, 2.05) is 0 Å². The van der Waals surface area contributed by atoms with Crippen LogP contribution in [0.4, 0.5) is 0 Å². The molecule has 0 spiro atoms. The molecular formula is C9H24O9P3+. The normalized spacial score (nSPS) is 11.7. The third kappa shape index (κ3) is 13.7. The predicted molar refractivity (Wildman–Crippen MR) is 78.6 cm³/mol. The second-order valence-corrected chi connectivity index (χ2v) is 8.40. The van der Waals surface area contributed by atoms with E-state index in [0.29, 0.717) is 0 Å². The van der Waals surface area contributed by atoms with Crippen LogP contribution in [-0.2, 0) is 31.8 Å². The first-order chi connectivity index (χ1) is 9.68. The molecule has 2 N–H and O–H groups in total. The molecule has 12 heteroatoms. The summed E-state index contributed by atoms with van der Waals surface area (Å²) >= 11 is 0. The van der Waals surface area contributed by atoms with Crippen molar-refractivity contribution in [1.82, 2.24) is 0 Å². The highest BCUT2D eigenvalue weighted by Gasteiger charge is 2.37. The van der Waals surface area contributed by atoms with Crippen molar-refractivity contribution in [3.05, 3.63) is 0 Å². The summed E-state index contributed by atoms with van der Waals surface area (Å²) in [5.74, 6) is -0.344. The standard InChI is InChI=1S/C9H22O6P2.HO3P/c1-5-12-16(10,13-6-2)9-17(11,14-7-3)15-8-4;1-4(2)3/h5-9H2,1-4H3;(H-,1,2,3)/p+1. The van der Waals surface area contributed by atoms with Crippen LogP contribution in [0, 0.1) is 0 Å². The molecule has 0 atom stereocenters. The zero-order valence-electron chi connectivity index (χ0n) is 12.6. The first kappa shape index (κ1) is 23.6.